The second kappa shape index (κ2) is 10.3. The molecule has 0 aliphatic heterocycles. The van der Waals surface area contributed by atoms with Crippen LogP contribution in [0.4, 0.5) is 9.18 Å². The van der Waals surface area contributed by atoms with Gasteiger partial charge in [0.2, 0.25) is 0 Å². The lowest BCUT2D eigenvalue weighted by Gasteiger charge is -2.20. The highest BCUT2D eigenvalue weighted by molar-refractivity contribution is 5.74. The van der Waals surface area contributed by atoms with Crippen LogP contribution in [0.1, 0.15) is 30.1 Å². The molecule has 2 atom stereocenters. The molecule has 2 aromatic carbocycles. The number of aliphatic hydroxyl groups is 1. The van der Waals surface area contributed by atoms with E-state index in [9.17, 15) is 19.1 Å². The molecular weight excluding hydrogens is 351 g/mol. The van der Waals surface area contributed by atoms with E-state index in [4.69, 9.17) is 5.11 Å². The van der Waals surface area contributed by atoms with Crippen LogP contribution < -0.4 is 10.6 Å². The summed E-state index contributed by atoms with van der Waals surface area (Å²) in [7, 11) is 0. The lowest BCUT2D eigenvalue weighted by atomic mass is 10.0. The first-order valence-electron chi connectivity index (χ1n) is 8.67. The van der Waals surface area contributed by atoms with Crippen molar-refractivity contribution in [3.63, 3.8) is 0 Å². The van der Waals surface area contributed by atoms with Gasteiger partial charge in [0.05, 0.1) is 6.10 Å². The summed E-state index contributed by atoms with van der Waals surface area (Å²) in [6.45, 7) is -0.0472. The minimum Gasteiger partial charge on any atom is -0.481 e. The number of aliphatic hydroxyl groups excluding tert-OH is 1. The molecule has 7 heteroatoms. The summed E-state index contributed by atoms with van der Waals surface area (Å²) in [5.41, 5.74) is 1.47. The Kier molecular flexibility index (Phi) is 7.76. The number of hydrogen-bond acceptors (Lipinski definition) is 3. The number of hydrogen-bond donors (Lipinski definition) is 4. The molecule has 0 aromatic heterocycles. The second-order valence-corrected chi connectivity index (χ2v) is 6.24. The molecule has 4 N–H and O–H groups in total. The molecule has 0 aliphatic rings. The van der Waals surface area contributed by atoms with E-state index in [1.54, 1.807) is 0 Å². The van der Waals surface area contributed by atoms with E-state index in [1.807, 2.05) is 30.3 Å². The molecule has 0 saturated carbocycles. The Morgan fingerprint density at radius 1 is 1.04 bits per heavy atom. The van der Waals surface area contributed by atoms with Crippen molar-refractivity contribution in [2.24, 2.45) is 0 Å². The third-order valence-electron chi connectivity index (χ3n) is 4.08. The number of carboxylic acids is 1. The number of carboxylic acid groups (broad SMARTS) is 1. The second-order valence-electron chi connectivity index (χ2n) is 6.24. The molecule has 0 fully saturated rings. The Morgan fingerprint density at radius 3 is 2.33 bits per heavy atom. The van der Waals surface area contributed by atoms with Crippen LogP contribution in [0.15, 0.2) is 54.6 Å². The average molecular weight is 374 g/mol. The van der Waals surface area contributed by atoms with Gasteiger partial charge < -0.3 is 20.8 Å². The van der Waals surface area contributed by atoms with Crippen LogP contribution in [0, 0.1) is 5.82 Å². The zero-order valence-corrected chi connectivity index (χ0v) is 14.8. The largest absolute Gasteiger partial charge is 0.481 e. The highest BCUT2D eigenvalue weighted by atomic mass is 19.1. The first-order valence-corrected chi connectivity index (χ1v) is 8.67. The Bertz CT molecular complexity index is 737. The minimum atomic E-state index is -0.969. The van der Waals surface area contributed by atoms with Gasteiger partial charge in [0.25, 0.3) is 0 Å². The number of amides is 2. The van der Waals surface area contributed by atoms with Crippen molar-refractivity contribution in [1.29, 1.82) is 0 Å². The van der Waals surface area contributed by atoms with Crippen molar-refractivity contribution in [2.75, 3.05) is 6.54 Å². The quantitative estimate of drug-likeness (QED) is 0.542. The van der Waals surface area contributed by atoms with Crippen molar-refractivity contribution >= 4 is 12.0 Å². The Hall–Kier alpha value is -2.93. The lowest BCUT2D eigenvalue weighted by molar-refractivity contribution is -0.137. The van der Waals surface area contributed by atoms with E-state index < -0.39 is 23.9 Å². The fourth-order valence-electron chi connectivity index (χ4n) is 2.65. The third-order valence-corrected chi connectivity index (χ3v) is 4.08. The fourth-order valence-corrected chi connectivity index (χ4v) is 2.65. The number of aliphatic carboxylic acids is 1. The van der Waals surface area contributed by atoms with Crippen LogP contribution in [0.25, 0.3) is 0 Å². The van der Waals surface area contributed by atoms with Gasteiger partial charge in [0.1, 0.15) is 5.82 Å². The molecule has 144 valence electrons. The van der Waals surface area contributed by atoms with Crippen molar-refractivity contribution < 1.29 is 24.2 Å². The van der Waals surface area contributed by atoms with E-state index in [0.717, 1.165) is 5.56 Å². The monoisotopic (exact) mass is 374 g/mol. The number of nitrogens with one attached hydrogen (secondary N) is 2. The normalized spacial score (nSPS) is 12.8. The molecule has 0 spiro atoms. The molecule has 6 nitrogen and oxygen atoms in total. The summed E-state index contributed by atoms with van der Waals surface area (Å²) < 4.78 is 12.9. The first kappa shape index (κ1) is 20.4. The number of urea groups is 1. The number of carbonyl (C=O) groups excluding carboxylic acids is 1. The zero-order chi connectivity index (χ0) is 19.6. The molecule has 2 aromatic rings. The van der Waals surface area contributed by atoms with Crippen LogP contribution in [-0.4, -0.2) is 34.8 Å². The molecule has 0 aliphatic carbocycles. The topological polar surface area (TPSA) is 98.7 Å². The van der Waals surface area contributed by atoms with Gasteiger partial charge in [0, 0.05) is 19.0 Å². The average Bonchev–Trinajstić information content (AvgIpc) is 2.65. The van der Waals surface area contributed by atoms with Crippen LogP contribution >= 0.6 is 0 Å². The molecule has 0 bridgehead atoms. The van der Waals surface area contributed by atoms with E-state index >= 15 is 0 Å². The highest BCUT2D eigenvalue weighted by Crippen LogP contribution is 2.12. The summed E-state index contributed by atoms with van der Waals surface area (Å²) in [5, 5.41) is 24.3. The van der Waals surface area contributed by atoms with Crippen molar-refractivity contribution in [3.05, 3.63) is 71.5 Å². The molecule has 27 heavy (non-hydrogen) atoms. The van der Waals surface area contributed by atoms with Gasteiger partial charge in [0.15, 0.2) is 0 Å². The first-order chi connectivity index (χ1) is 12.9. The molecule has 0 saturated heterocycles. The van der Waals surface area contributed by atoms with Crippen LogP contribution in [0.3, 0.4) is 0 Å². The maximum absolute atomic E-state index is 12.9. The van der Waals surface area contributed by atoms with Gasteiger partial charge in [-0.1, -0.05) is 42.5 Å². The van der Waals surface area contributed by atoms with E-state index in [-0.39, 0.29) is 25.4 Å². The van der Waals surface area contributed by atoms with Crippen LogP contribution in [0.5, 0.6) is 0 Å². The molecule has 1 unspecified atom stereocenters. The number of benzene rings is 2. The molecular formula is C20H23FN2O4. The number of rotatable bonds is 9. The zero-order valence-electron chi connectivity index (χ0n) is 14.8. The summed E-state index contributed by atoms with van der Waals surface area (Å²) in [5.74, 6) is -1.33. The standard InChI is InChI=1S/C20H23FN2O4/c21-16-8-6-15(7-9-16)18(24)13-22-20(27)23-17(10-11-19(25)26)12-14-4-2-1-3-5-14/h1-9,17-18,24H,10-13H2,(H,25,26)(H2,22,23,27)/t17?,18-/m0/s1. The summed E-state index contributed by atoms with van der Waals surface area (Å²) >= 11 is 0. The van der Waals surface area contributed by atoms with Crippen molar-refractivity contribution in [1.82, 2.24) is 10.6 Å². The smallest absolute Gasteiger partial charge is 0.315 e. The number of carbonyl (C=O) groups is 2. The van der Waals surface area contributed by atoms with Gasteiger partial charge >= 0.3 is 12.0 Å². The van der Waals surface area contributed by atoms with Crippen molar-refractivity contribution in [3.8, 4) is 0 Å². The Balaban J connectivity index is 1.87. The lowest BCUT2D eigenvalue weighted by Crippen LogP contribution is -2.44. The Labute approximate surface area is 157 Å². The highest BCUT2D eigenvalue weighted by Gasteiger charge is 2.16. The molecule has 2 amide bonds. The van der Waals surface area contributed by atoms with E-state index in [0.29, 0.717) is 12.0 Å². The van der Waals surface area contributed by atoms with Crippen LogP contribution in [-0.2, 0) is 11.2 Å². The Morgan fingerprint density at radius 2 is 1.70 bits per heavy atom. The fraction of sp³-hybridized carbons (Fsp3) is 0.300. The minimum absolute atomic E-state index is 0.0472. The SMILES string of the molecule is O=C(O)CCC(Cc1ccccc1)NC(=O)NC[C@H](O)c1ccc(F)cc1. The van der Waals surface area contributed by atoms with Gasteiger partial charge in [-0.3, -0.25) is 4.79 Å². The van der Waals surface area contributed by atoms with Crippen LogP contribution in [0.2, 0.25) is 0 Å². The predicted molar refractivity (Wildman–Crippen MR) is 98.7 cm³/mol. The summed E-state index contributed by atoms with van der Waals surface area (Å²) in [4.78, 5) is 23.0. The molecule has 2 rings (SSSR count). The van der Waals surface area contributed by atoms with E-state index in [1.165, 1.54) is 24.3 Å². The van der Waals surface area contributed by atoms with E-state index in [2.05, 4.69) is 10.6 Å². The van der Waals surface area contributed by atoms with Gasteiger partial charge in [-0.2, -0.15) is 0 Å². The van der Waals surface area contributed by atoms with Gasteiger partial charge in [-0.15, -0.1) is 0 Å². The van der Waals surface area contributed by atoms with Gasteiger partial charge in [-0.25, -0.2) is 9.18 Å². The summed E-state index contributed by atoms with van der Waals surface area (Å²) in [6.07, 6.45) is -0.237. The van der Waals surface area contributed by atoms with Gasteiger partial charge in [-0.05, 0) is 36.1 Å². The number of halogens is 1. The molecule has 0 heterocycles. The molecule has 0 radical (unpaired) electrons. The predicted octanol–water partition coefficient (Wildman–Crippen LogP) is 2.63. The third kappa shape index (κ3) is 7.45. The maximum atomic E-state index is 12.9. The maximum Gasteiger partial charge on any atom is 0.315 e. The van der Waals surface area contributed by atoms with Crippen molar-refractivity contribution in [2.45, 2.75) is 31.4 Å². The summed E-state index contributed by atoms with van der Waals surface area (Å²) in [6, 6.07) is 14.0.